The van der Waals surface area contributed by atoms with E-state index in [-0.39, 0.29) is 11.9 Å². The van der Waals surface area contributed by atoms with Crippen molar-refractivity contribution in [2.24, 2.45) is 0 Å². The number of carbonyl (C=O) groups is 1. The van der Waals surface area contributed by atoms with Crippen molar-refractivity contribution in [3.05, 3.63) is 33.1 Å². The Balaban J connectivity index is 2.33. The summed E-state index contributed by atoms with van der Waals surface area (Å²) in [6, 6.07) is 1.65. The van der Waals surface area contributed by atoms with Gasteiger partial charge in [0.05, 0.1) is 10.9 Å². The van der Waals surface area contributed by atoms with E-state index in [9.17, 15) is 14.4 Å². The van der Waals surface area contributed by atoms with Gasteiger partial charge in [-0.15, -0.1) is 0 Å². The molecule has 2 N–H and O–H groups in total. The smallest absolute Gasteiger partial charge is 0.322 e. The van der Waals surface area contributed by atoms with Crippen LogP contribution in [0.4, 0.5) is 5.82 Å². The SMILES string of the molecule is CNn1c(=O)c2cnc(NC(C)=O)cc2n(C2CCCC2)c1=O. The topological polar surface area (TPSA) is 98.0 Å². The summed E-state index contributed by atoms with van der Waals surface area (Å²) < 4.78 is 2.65. The number of hydrogen-bond acceptors (Lipinski definition) is 5. The van der Waals surface area contributed by atoms with Crippen LogP contribution < -0.4 is 22.0 Å². The summed E-state index contributed by atoms with van der Waals surface area (Å²) >= 11 is 0. The Labute approximate surface area is 132 Å². The van der Waals surface area contributed by atoms with Gasteiger partial charge in [0.15, 0.2) is 0 Å². The average molecular weight is 317 g/mol. The molecule has 0 atom stereocenters. The Kier molecular flexibility index (Phi) is 3.89. The second kappa shape index (κ2) is 5.86. The van der Waals surface area contributed by atoms with Crippen molar-refractivity contribution < 1.29 is 4.79 Å². The van der Waals surface area contributed by atoms with Gasteiger partial charge in [0.2, 0.25) is 5.91 Å². The molecule has 0 aromatic carbocycles. The highest BCUT2D eigenvalue weighted by atomic mass is 16.2. The number of pyridine rings is 1. The molecule has 0 aliphatic heterocycles. The van der Waals surface area contributed by atoms with E-state index in [0.29, 0.717) is 16.7 Å². The number of anilines is 1. The number of amides is 1. The minimum absolute atomic E-state index is 0.0535. The fourth-order valence-corrected chi connectivity index (χ4v) is 3.19. The van der Waals surface area contributed by atoms with Crippen LogP contribution in [0.25, 0.3) is 10.9 Å². The third-order valence-corrected chi connectivity index (χ3v) is 4.19. The molecule has 1 aliphatic rings. The average Bonchev–Trinajstić information content (AvgIpc) is 3.01. The monoisotopic (exact) mass is 317 g/mol. The minimum atomic E-state index is -0.441. The fraction of sp³-hybridized carbons (Fsp3) is 0.467. The molecule has 122 valence electrons. The number of nitrogens with one attached hydrogen (secondary N) is 2. The Morgan fingerprint density at radius 1 is 1.30 bits per heavy atom. The normalized spacial score (nSPS) is 15.0. The summed E-state index contributed by atoms with van der Waals surface area (Å²) in [5.74, 6) is 0.0768. The molecule has 0 saturated heterocycles. The van der Waals surface area contributed by atoms with Crippen LogP contribution in [0.1, 0.15) is 38.6 Å². The molecule has 2 aromatic rings. The van der Waals surface area contributed by atoms with Crippen molar-refractivity contribution in [2.45, 2.75) is 38.6 Å². The van der Waals surface area contributed by atoms with Gasteiger partial charge in [-0.3, -0.25) is 14.2 Å². The van der Waals surface area contributed by atoms with E-state index in [0.717, 1.165) is 30.4 Å². The lowest BCUT2D eigenvalue weighted by molar-refractivity contribution is -0.114. The lowest BCUT2D eigenvalue weighted by Gasteiger charge is -2.19. The molecule has 23 heavy (non-hydrogen) atoms. The maximum absolute atomic E-state index is 12.7. The van der Waals surface area contributed by atoms with Crippen LogP contribution >= 0.6 is 0 Å². The molecule has 8 heteroatoms. The molecule has 2 heterocycles. The number of hydrogen-bond donors (Lipinski definition) is 2. The quantitative estimate of drug-likeness (QED) is 0.873. The van der Waals surface area contributed by atoms with Gasteiger partial charge in [0, 0.05) is 32.3 Å². The van der Waals surface area contributed by atoms with Gasteiger partial charge >= 0.3 is 5.69 Å². The lowest BCUT2D eigenvalue weighted by atomic mass is 10.2. The number of aromatic nitrogens is 3. The molecular formula is C15H19N5O3. The van der Waals surface area contributed by atoms with Gasteiger partial charge in [0.1, 0.15) is 5.82 Å². The molecule has 0 bridgehead atoms. The van der Waals surface area contributed by atoms with Crippen LogP contribution in [0.2, 0.25) is 0 Å². The predicted octanol–water partition coefficient (Wildman–Crippen LogP) is 0.805. The molecule has 1 saturated carbocycles. The number of carbonyl (C=O) groups excluding carboxylic acids is 1. The first-order chi connectivity index (χ1) is 11.0. The molecule has 0 radical (unpaired) electrons. The molecule has 8 nitrogen and oxygen atoms in total. The maximum Gasteiger partial charge on any atom is 0.350 e. The van der Waals surface area contributed by atoms with E-state index < -0.39 is 11.2 Å². The first kappa shape index (κ1) is 15.3. The Bertz CT molecular complexity index is 877. The first-order valence-corrected chi connectivity index (χ1v) is 7.65. The largest absolute Gasteiger partial charge is 0.350 e. The highest BCUT2D eigenvalue weighted by Gasteiger charge is 2.23. The van der Waals surface area contributed by atoms with Crippen molar-refractivity contribution in [3.8, 4) is 0 Å². The van der Waals surface area contributed by atoms with Gasteiger partial charge in [0.25, 0.3) is 5.56 Å². The van der Waals surface area contributed by atoms with Crippen LogP contribution in [0.3, 0.4) is 0 Å². The van der Waals surface area contributed by atoms with Gasteiger partial charge in [-0.05, 0) is 12.8 Å². The summed E-state index contributed by atoms with van der Waals surface area (Å²) in [4.78, 5) is 40.5. The van der Waals surface area contributed by atoms with Gasteiger partial charge in [-0.1, -0.05) is 12.8 Å². The van der Waals surface area contributed by atoms with Crippen LogP contribution in [0, 0.1) is 0 Å². The standard InChI is InChI=1S/C15H19N5O3/c1-9(21)18-13-7-12-11(8-17-13)14(22)20(16-2)15(23)19(12)10-5-3-4-6-10/h7-8,10,16H,3-6H2,1-2H3,(H,17,18,21). The van der Waals surface area contributed by atoms with Crippen molar-refractivity contribution in [2.75, 3.05) is 17.8 Å². The molecular weight excluding hydrogens is 298 g/mol. The molecule has 1 fully saturated rings. The summed E-state index contributed by atoms with van der Waals surface area (Å²) in [7, 11) is 1.53. The Hall–Kier alpha value is -2.64. The van der Waals surface area contributed by atoms with E-state index in [1.54, 1.807) is 10.6 Å². The van der Waals surface area contributed by atoms with E-state index in [1.165, 1.54) is 20.2 Å². The summed E-state index contributed by atoms with van der Waals surface area (Å²) in [5.41, 5.74) is 2.32. The van der Waals surface area contributed by atoms with Crippen molar-refractivity contribution >= 4 is 22.6 Å². The maximum atomic E-state index is 12.7. The molecule has 1 aliphatic carbocycles. The van der Waals surface area contributed by atoms with Gasteiger partial charge in [-0.25, -0.2) is 9.78 Å². The second-order valence-corrected chi connectivity index (χ2v) is 5.72. The Morgan fingerprint density at radius 2 is 2.00 bits per heavy atom. The second-order valence-electron chi connectivity index (χ2n) is 5.72. The van der Waals surface area contributed by atoms with E-state index in [1.807, 2.05) is 0 Å². The number of rotatable bonds is 3. The molecule has 0 spiro atoms. The van der Waals surface area contributed by atoms with Gasteiger partial charge < -0.3 is 10.7 Å². The van der Waals surface area contributed by atoms with Crippen LogP contribution in [0.5, 0.6) is 0 Å². The van der Waals surface area contributed by atoms with Gasteiger partial charge in [-0.2, -0.15) is 4.68 Å². The number of fused-ring (bicyclic) bond motifs is 1. The zero-order chi connectivity index (χ0) is 16.6. The Morgan fingerprint density at radius 3 is 2.61 bits per heavy atom. The third-order valence-electron chi connectivity index (χ3n) is 4.19. The van der Waals surface area contributed by atoms with E-state index >= 15 is 0 Å². The molecule has 2 aromatic heterocycles. The summed E-state index contributed by atoms with van der Waals surface area (Å²) in [6.07, 6.45) is 5.31. The van der Waals surface area contributed by atoms with Crippen molar-refractivity contribution in [1.29, 1.82) is 0 Å². The highest BCUT2D eigenvalue weighted by molar-refractivity contribution is 5.90. The summed E-state index contributed by atoms with van der Waals surface area (Å²) in [5, 5.41) is 2.94. The fourth-order valence-electron chi connectivity index (χ4n) is 3.19. The highest BCUT2D eigenvalue weighted by Crippen LogP contribution is 2.30. The van der Waals surface area contributed by atoms with Crippen LogP contribution in [0.15, 0.2) is 21.9 Å². The zero-order valence-corrected chi connectivity index (χ0v) is 13.1. The summed E-state index contributed by atoms with van der Waals surface area (Å²) in [6.45, 7) is 1.38. The molecule has 0 unspecified atom stereocenters. The zero-order valence-electron chi connectivity index (χ0n) is 13.1. The lowest BCUT2D eigenvalue weighted by Crippen LogP contribution is -2.44. The van der Waals surface area contributed by atoms with Crippen LogP contribution in [-0.2, 0) is 4.79 Å². The van der Waals surface area contributed by atoms with E-state index in [2.05, 4.69) is 15.7 Å². The van der Waals surface area contributed by atoms with Crippen molar-refractivity contribution in [3.63, 3.8) is 0 Å². The van der Waals surface area contributed by atoms with Crippen molar-refractivity contribution in [1.82, 2.24) is 14.2 Å². The third kappa shape index (κ3) is 2.60. The first-order valence-electron chi connectivity index (χ1n) is 7.65. The number of nitrogens with zero attached hydrogens (tertiary/aromatic N) is 3. The molecule has 1 amide bonds. The minimum Gasteiger partial charge on any atom is -0.322 e. The van der Waals surface area contributed by atoms with Crippen LogP contribution in [-0.4, -0.2) is 27.2 Å². The van der Waals surface area contributed by atoms with E-state index in [4.69, 9.17) is 0 Å². The predicted molar refractivity (Wildman–Crippen MR) is 87.4 cm³/mol. The molecule has 3 rings (SSSR count).